The van der Waals surface area contributed by atoms with Crippen LogP contribution in [0.1, 0.15) is 213 Å². The van der Waals surface area contributed by atoms with Gasteiger partial charge in [0, 0.05) is 13.0 Å². The molecule has 50 heavy (non-hydrogen) atoms. The van der Waals surface area contributed by atoms with Crippen molar-refractivity contribution in [1.82, 2.24) is 0 Å². The van der Waals surface area contributed by atoms with Gasteiger partial charge in [-0.2, -0.15) is 0 Å². The van der Waals surface area contributed by atoms with Crippen molar-refractivity contribution in [1.29, 1.82) is 0 Å². The van der Waals surface area contributed by atoms with Crippen LogP contribution >= 0.6 is 7.82 Å². The van der Waals surface area contributed by atoms with Gasteiger partial charge in [-0.15, -0.1) is 0 Å². The van der Waals surface area contributed by atoms with Gasteiger partial charge in [0.05, 0.1) is 19.5 Å². The van der Waals surface area contributed by atoms with Crippen molar-refractivity contribution >= 4 is 13.8 Å². The Bertz CT molecular complexity index is 782. The van der Waals surface area contributed by atoms with Gasteiger partial charge in [-0.3, -0.25) is 13.8 Å². The SMILES string of the molecule is CCCCCCCCCCCCCC/C=C/OC[C@H](COP(=O)(O)OCCN)OC(=O)CCCCCCCCCCCCCCCCCCC. The summed E-state index contributed by atoms with van der Waals surface area (Å²) in [5, 5.41) is 0. The van der Waals surface area contributed by atoms with E-state index in [9.17, 15) is 14.3 Å². The summed E-state index contributed by atoms with van der Waals surface area (Å²) in [6.45, 7) is 4.27. The molecule has 8 nitrogen and oxygen atoms in total. The minimum atomic E-state index is -4.28. The zero-order valence-electron chi connectivity index (χ0n) is 32.9. The Kier molecular flexibility index (Phi) is 38.6. The van der Waals surface area contributed by atoms with E-state index in [-0.39, 0.29) is 32.3 Å². The third kappa shape index (κ3) is 38.3. The predicted octanol–water partition coefficient (Wildman–Crippen LogP) is 12.7. The first-order valence-corrected chi connectivity index (χ1v) is 22.7. The van der Waals surface area contributed by atoms with Crippen LogP contribution in [0.3, 0.4) is 0 Å². The molecule has 2 atom stereocenters. The number of allylic oxidation sites excluding steroid dienone is 1. The highest BCUT2D eigenvalue weighted by atomic mass is 31.2. The smallest absolute Gasteiger partial charge is 0.472 e. The van der Waals surface area contributed by atoms with E-state index < -0.39 is 13.9 Å². The van der Waals surface area contributed by atoms with Crippen LogP contribution in [0, 0.1) is 0 Å². The van der Waals surface area contributed by atoms with Gasteiger partial charge in [-0.1, -0.05) is 187 Å². The van der Waals surface area contributed by atoms with Gasteiger partial charge < -0.3 is 20.1 Å². The van der Waals surface area contributed by atoms with Crippen molar-refractivity contribution in [2.24, 2.45) is 5.73 Å². The number of phosphoric acid groups is 1. The lowest BCUT2D eigenvalue weighted by Gasteiger charge is -2.19. The van der Waals surface area contributed by atoms with Crippen LogP contribution in [0.15, 0.2) is 12.3 Å². The van der Waals surface area contributed by atoms with E-state index in [2.05, 4.69) is 13.8 Å². The molecule has 0 aliphatic heterocycles. The number of nitrogens with two attached hydrogens (primary N) is 1. The molecule has 298 valence electrons. The van der Waals surface area contributed by atoms with Crippen LogP contribution in [-0.4, -0.2) is 43.3 Å². The normalized spacial score (nSPS) is 13.5. The molecule has 0 aromatic carbocycles. The summed E-state index contributed by atoms with van der Waals surface area (Å²) in [5.74, 6) is -0.348. The summed E-state index contributed by atoms with van der Waals surface area (Å²) in [4.78, 5) is 22.4. The molecular weight excluding hydrogens is 649 g/mol. The second-order valence-electron chi connectivity index (χ2n) is 14.3. The Hall–Kier alpha value is -0.920. The van der Waals surface area contributed by atoms with E-state index in [1.165, 1.54) is 161 Å². The number of unbranched alkanes of at least 4 members (excludes halogenated alkanes) is 28. The van der Waals surface area contributed by atoms with Gasteiger partial charge in [-0.05, 0) is 25.3 Å². The number of carbonyl (C=O) groups excluding carboxylic acids is 1. The molecular formula is C41H82NO7P. The third-order valence-corrected chi connectivity index (χ3v) is 10.3. The fourth-order valence-electron chi connectivity index (χ4n) is 6.14. The molecule has 0 aromatic rings. The molecule has 0 saturated heterocycles. The molecule has 0 rings (SSSR count). The third-order valence-electron chi connectivity index (χ3n) is 9.28. The van der Waals surface area contributed by atoms with Crippen molar-refractivity contribution in [2.75, 3.05) is 26.4 Å². The maximum atomic E-state index is 12.6. The highest BCUT2D eigenvalue weighted by molar-refractivity contribution is 7.47. The minimum Gasteiger partial charge on any atom is -0.498 e. The van der Waals surface area contributed by atoms with Crippen molar-refractivity contribution in [3.63, 3.8) is 0 Å². The lowest BCUT2D eigenvalue weighted by Crippen LogP contribution is -2.27. The maximum Gasteiger partial charge on any atom is 0.472 e. The summed E-state index contributed by atoms with van der Waals surface area (Å²) < 4.78 is 33.1. The fraction of sp³-hybridized carbons (Fsp3) is 0.927. The van der Waals surface area contributed by atoms with Crippen LogP contribution < -0.4 is 5.73 Å². The van der Waals surface area contributed by atoms with Gasteiger partial charge in [0.2, 0.25) is 0 Å². The van der Waals surface area contributed by atoms with Gasteiger partial charge >= 0.3 is 13.8 Å². The van der Waals surface area contributed by atoms with Gasteiger partial charge in [0.1, 0.15) is 6.61 Å². The lowest BCUT2D eigenvalue weighted by molar-refractivity contribution is -0.153. The first-order chi connectivity index (χ1) is 24.4. The van der Waals surface area contributed by atoms with Crippen molar-refractivity contribution in [3.8, 4) is 0 Å². The molecule has 0 aliphatic carbocycles. The first-order valence-electron chi connectivity index (χ1n) is 21.2. The fourth-order valence-corrected chi connectivity index (χ4v) is 6.91. The summed E-state index contributed by atoms with van der Waals surface area (Å²) in [6.07, 6.45) is 41.7. The van der Waals surface area contributed by atoms with Crippen LogP contribution in [0.2, 0.25) is 0 Å². The summed E-state index contributed by atoms with van der Waals surface area (Å²) in [6, 6.07) is 0. The van der Waals surface area contributed by atoms with Crippen LogP contribution in [-0.2, 0) is 27.9 Å². The minimum absolute atomic E-state index is 0.0383. The van der Waals surface area contributed by atoms with Gasteiger partial charge in [0.15, 0.2) is 6.10 Å². The lowest BCUT2D eigenvalue weighted by atomic mass is 10.0. The number of hydrogen-bond donors (Lipinski definition) is 2. The average molecular weight is 732 g/mol. The Labute approximate surface area is 309 Å². The standard InChI is InChI=1S/C41H82NO7P/c1-3-5-7-9-11-13-15-17-19-20-21-22-24-26-28-30-32-34-41(43)49-40(39-48-50(44,45)47-37-35-42)38-46-36-33-31-29-27-25-23-18-16-14-12-10-8-6-4-2/h33,36,40H,3-32,34-35,37-39,42H2,1-2H3,(H,44,45)/b36-33+/t40-/m1/s1. The molecule has 0 fully saturated rings. The topological polar surface area (TPSA) is 117 Å². The van der Waals surface area contributed by atoms with E-state index in [4.69, 9.17) is 24.3 Å². The van der Waals surface area contributed by atoms with Crippen molar-refractivity contribution in [2.45, 2.75) is 219 Å². The number of ether oxygens (including phenoxy) is 2. The molecule has 0 radical (unpaired) electrons. The average Bonchev–Trinajstić information content (AvgIpc) is 3.10. The number of carbonyl (C=O) groups is 1. The molecule has 0 bridgehead atoms. The highest BCUT2D eigenvalue weighted by Crippen LogP contribution is 2.43. The van der Waals surface area contributed by atoms with Crippen molar-refractivity contribution < 1.29 is 32.8 Å². The van der Waals surface area contributed by atoms with E-state index in [1.807, 2.05) is 6.08 Å². The summed E-state index contributed by atoms with van der Waals surface area (Å²) in [7, 11) is -4.28. The predicted molar refractivity (Wildman–Crippen MR) is 210 cm³/mol. The molecule has 0 saturated carbocycles. The zero-order chi connectivity index (χ0) is 36.6. The van der Waals surface area contributed by atoms with Crippen LogP contribution in [0.5, 0.6) is 0 Å². The molecule has 0 amide bonds. The maximum absolute atomic E-state index is 12.6. The second-order valence-corrected chi connectivity index (χ2v) is 15.7. The zero-order valence-corrected chi connectivity index (χ0v) is 33.8. The highest BCUT2D eigenvalue weighted by Gasteiger charge is 2.25. The Morgan fingerprint density at radius 2 is 1.00 bits per heavy atom. The molecule has 1 unspecified atom stereocenters. The molecule has 0 heterocycles. The largest absolute Gasteiger partial charge is 0.498 e. The summed E-state index contributed by atoms with van der Waals surface area (Å²) >= 11 is 0. The van der Waals surface area contributed by atoms with Crippen molar-refractivity contribution in [3.05, 3.63) is 12.3 Å². The number of phosphoric ester groups is 1. The van der Waals surface area contributed by atoms with E-state index >= 15 is 0 Å². The van der Waals surface area contributed by atoms with E-state index in [0.29, 0.717) is 6.42 Å². The number of rotatable bonds is 41. The number of esters is 1. The monoisotopic (exact) mass is 732 g/mol. The number of hydrogen-bond acceptors (Lipinski definition) is 7. The Morgan fingerprint density at radius 3 is 1.42 bits per heavy atom. The molecule has 0 aliphatic rings. The van der Waals surface area contributed by atoms with Gasteiger partial charge in [0.25, 0.3) is 0 Å². The van der Waals surface area contributed by atoms with Gasteiger partial charge in [-0.25, -0.2) is 4.57 Å². The first kappa shape index (κ1) is 49.1. The van der Waals surface area contributed by atoms with E-state index in [0.717, 1.165) is 32.1 Å². The van der Waals surface area contributed by atoms with Crippen LogP contribution in [0.4, 0.5) is 0 Å². The second kappa shape index (κ2) is 39.3. The molecule has 3 N–H and O–H groups in total. The molecule has 9 heteroatoms. The molecule has 0 spiro atoms. The Balaban J connectivity index is 4.04. The quantitative estimate of drug-likeness (QED) is 0.0276. The Morgan fingerprint density at radius 1 is 0.600 bits per heavy atom. The van der Waals surface area contributed by atoms with Crippen LogP contribution in [0.25, 0.3) is 0 Å². The molecule has 0 aromatic heterocycles. The summed E-state index contributed by atoms with van der Waals surface area (Å²) in [5.41, 5.74) is 5.36. The van der Waals surface area contributed by atoms with E-state index in [1.54, 1.807) is 6.26 Å².